The van der Waals surface area contributed by atoms with Gasteiger partial charge in [0.05, 0.1) is 16.9 Å². The number of nitrogens with one attached hydrogen (secondary N) is 1. The van der Waals surface area contributed by atoms with Crippen molar-refractivity contribution < 1.29 is 9.90 Å². The Morgan fingerprint density at radius 3 is 2.67 bits per heavy atom. The lowest BCUT2D eigenvalue weighted by Crippen LogP contribution is -2.18. The summed E-state index contributed by atoms with van der Waals surface area (Å²) >= 11 is 0. The molecule has 0 aliphatic heterocycles. The lowest BCUT2D eigenvalue weighted by atomic mass is 10.1. The van der Waals surface area contributed by atoms with Crippen molar-refractivity contribution in [2.24, 2.45) is 0 Å². The van der Waals surface area contributed by atoms with Gasteiger partial charge in [0.25, 0.3) is 0 Å². The first-order valence-electron chi connectivity index (χ1n) is 9.26. The van der Waals surface area contributed by atoms with E-state index in [1.165, 1.54) is 0 Å². The molecule has 0 radical (unpaired) electrons. The standard InChI is InChI=1S/C18H19N5O2.C2H6/c1-18(2,25)14-4-3-5-16(21-14)23-13-8-15(20-10-24)19-9-12(13)17(22-23)11-6-7-11;1-2/h3-5,8-11,25H,6-7H2,1-2H3,(H,19,20,24);1-2H3. The Balaban J connectivity index is 0.00000102. The smallest absolute Gasteiger partial charge is 0.212 e. The van der Waals surface area contributed by atoms with Gasteiger partial charge in [-0.3, -0.25) is 4.79 Å². The molecular weight excluding hydrogens is 342 g/mol. The molecule has 7 nitrogen and oxygen atoms in total. The Labute approximate surface area is 158 Å². The number of amides is 1. The Morgan fingerprint density at radius 1 is 1.30 bits per heavy atom. The Bertz CT molecular complexity index is 955. The third-order valence-electron chi connectivity index (χ3n) is 4.34. The average Bonchev–Trinajstić information content (AvgIpc) is 3.44. The predicted octanol–water partition coefficient (Wildman–Crippen LogP) is 3.51. The van der Waals surface area contributed by atoms with Gasteiger partial charge in [0.2, 0.25) is 6.41 Å². The second-order valence-electron chi connectivity index (χ2n) is 6.86. The van der Waals surface area contributed by atoms with Gasteiger partial charge in [0.1, 0.15) is 11.4 Å². The average molecular weight is 367 g/mol. The SMILES string of the molecule is CC.CC(C)(O)c1cccc(-n2nc(C3CC3)c3cnc(NC=O)cc32)n1. The second-order valence-corrected chi connectivity index (χ2v) is 6.86. The van der Waals surface area contributed by atoms with Crippen LogP contribution < -0.4 is 5.32 Å². The van der Waals surface area contributed by atoms with E-state index in [1.54, 1.807) is 36.9 Å². The summed E-state index contributed by atoms with van der Waals surface area (Å²) < 4.78 is 1.76. The quantitative estimate of drug-likeness (QED) is 0.673. The molecule has 1 amide bonds. The van der Waals surface area contributed by atoms with Crippen LogP contribution in [-0.2, 0) is 10.4 Å². The number of hydrogen-bond acceptors (Lipinski definition) is 5. The first-order valence-corrected chi connectivity index (χ1v) is 9.26. The van der Waals surface area contributed by atoms with Crippen molar-refractivity contribution in [2.45, 2.75) is 52.1 Å². The number of pyridine rings is 2. The van der Waals surface area contributed by atoms with E-state index in [4.69, 9.17) is 5.10 Å². The predicted molar refractivity (Wildman–Crippen MR) is 105 cm³/mol. The summed E-state index contributed by atoms with van der Waals surface area (Å²) in [4.78, 5) is 19.6. The molecule has 0 unspecified atom stereocenters. The summed E-state index contributed by atoms with van der Waals surface area (Å²) in [5.41, 5.74) is 1.38. The van der Waals surface area contributed by atoms with Crippen LogP contribution in [0.2, 0.25) is 0 Å². The number of fused-ring (bicyclic) bond motifs is 1. The molecule has 27 heavy (non-hydrogen) atoms. The number of aliphatic hydroxyl groups is 1. The fourth-order valence-corrected chi connectivity index (χ4v) is 2.89. The van der Waals surface area contributed by atoms with Crippen LogP contribution in [0.5, 0.6) is 0 Å². The fourth-order valence-electron chi connectivity index (χ4n) is 2.89. The first kappa shape index (κ1) is 19.0. The van der Waals surface area contributed by atoms with E-state index in [9.17, 15) is 9.90 Å². The lowest BCUT2D eigenvalue weighted by molar-refractivity contribution is -0.105. The van der Waals surface area contributed by atoms with E-state index in [0.29, 0.717) is 29.7 Å². The molecule has 0 atom stereocenters. The van der Waals surface area contributed by atoms with Crippen molar-refractivity contribution in [3.05, 3.63) is 41.9 Å². The number of carbonyl (C=O) groups excluding carboxylic acids is 1. The van der Waals surface area contributed by atoms with Gasteiger partial charge in [0.15, 0.2) is 5.82 Å². The molecule has 4 rings (SSSR count). The van der Waals surface area contributed by atoms with Gasteiger partial charge in [-0.25, -0.2) is 14.6 Å². The van der Waals surface area contributed by atoms with Crippen LogP contribution in [0.4, 0.5) is 5.82 Å². The van der Waals surface area contributed by atoms with Crippen LogP contribution >= 0.6 is 0 Å². The highest BCUT2D eigenvalue weighted by Gasteiger charge is 2.30. The molecule has 3 heterocycles. The number of aromatic nitrogens is 4. The van der Waals surface area contributed by atoms with Crippen molar-refractivity contribution in [1.29, 1.82) is 0 Å². The topological polar surface area (TPSA) is 92.9 Å². The van der Waals surface area contributed by atoms with Gasteiger partial charge in [0, 0.05) is 23.6 Å². The molecule has 2 N–H and O–H groups in total. The molecule has 142 valence electrons. The summed E-state index contributed by atoms with van der Waals surface area (Å²) in [6.45, 7) is 7.40. The summed E-state index contributed by atoms with van der Waals surface area (Å²) in [6.07, 6.45) is 4.59. The van der Waals surface area contributed by atoms with E-state index in [0.717, 1.165) is 29.4 Å². The fraction of sp³-hybridized carbons (Fsp3) is 0.400. The maximum absolute atomic E-state index is 10.7. The summed E-state index contributed by atoms with van der Waals surface area (Å²) in [7, 11) is 0. The van der Waals surface area contributed by atoms with E-state index in [2.05, 4.69) is 15.3 Å². The normalized spacial score (nSPS) is 13.8. The van der Waals surface area contributed by atoms with E-state index < -0.39 is 5.60 Å². The summed E-state index contributed by atoms with van der Waals surface area (Å²) in [5.74, 6) is 1.54. The van der Waals surface area contributed by atoms with Gasteiger partial charge >= 0.3 is 0 Å². The number of anilines is 1. The molecule has 1 saturated carbocycles. The zero-order chi connectivity index (χ0) is 19.6. The monoisotopic (exact) mass is 367 g/mol. The minimum Gasteiger partial charge on any atom is -0.384 e. The van der Waals surface area contributed by atoms with E-state index in [-0.39, 0.29) is 0 Å². The van der Waals surface area contributed by atoms with Crippen molar-refractivity contribution in [3.63, 3.8) is 0 Å². The molecule has 1 aliphatic carbocycles. The highest BCUT2D eigenvalue weighted by atomic mass is 16.3. The summed E-state index contributed by atoms with van der Waals surface area (Å²) in [6, 6.07) is 7.29. The van der Waals surface area contributed by atoms with E-state index >= 15 is 0 Å². The molecule has 7 heteroatoms. The van der Waals surface area contributed by atoms with Crippen molar-refractivity contribution in [3.8, 4) is 5.82 Å². The Kier molecular flexibility index (Phi) is 5.23. The number of carbonyl (C=O) groups is 1. The van der Waals surface area contributed by atoms with Gasteiger partial charge in [-0.2, -0.15) is 5.10 Å². The van der Waals surface area contributed by atoms with Crippen LogP contribution in [0.25, 0.3) is 16.7 Å². The largest absolute Gasteiger partial charge is 0.384 e. The Hall–Kier alpha value is -2.80. The van der Waals surface area contributed by atoms with Crippen LogP contribution in [0.3, 0.4) is 0 Å². The number of nitrogens with zero attached hydrogens (tertiary/aromatic N) is 4. The van der Waals surface area contributed by atoms with Crippen molar-refractivity contribution >= 4 is 23.1 Å². The molecule has 0 saturated heterocycles. The lowest BCUT2D eigenvalue weighted by Gasteiger charge is -2.17. The first-order chi connectivity index (χ1) is 13.0. The molecule has 3 aromatic heterocycles. The third kappa shape index (κ3) is 3.83. The maximum atomic E-state index is 10.7. The molecule has 3 aromatic rings. The molecular formula is C20H25N5O2. The molecule has 1 aliphatic rings. The van der Waals surface area contributed by atoms with Crippen LogP contribution in [0, 0.1) is 0 Å². The van der Waals surface area contributed by atoms with Crippen molar-refractivity contribution in [1.82, 2.24) is 19.7 Å². The highest BCUT2D eigenvalue weighted by Crippen LogP contribution is 2.42. The van der Waals surface area contributed by atoms with Gasteiger partial charge in [-0.15, -0.1) is 0 Å². The van der Waals surface area contributed by atoms with Crippen LogP contribution in [0.1, 0.15) is 57.8 Å². The zero-order valence-electron chi connectivity index (χ0n) is 16.1. The second kappa shape index (κ2) is 7.44. The van der Waals surface area contributed by atoms with Gasteiger partial charge in [-0.05, 0) is 38.8 Å². The zero-order valence-corrected chi connectivity index (χ0v) is 16.1. The van der Waals surface area contributed by atoms with E-state index in [1.807, 2.05) is 26.0 Å². The number of hydrogen-bond donors (Lipinski definition) is 2. The molecule has 1 fully saturated rings. The molecule has 0 spiro atoms. The van der Waals surface area contributed by atoms with Crippen LogP contribution in [-0.4, -0.2) is 31.3 Å². The minimum absolute atomic E-state index is 0.452. The van der Waals surface area contributed by atoms with Gasteiger partial charge < -0.3 is 10.4 Å². The molecule has 0 bridgehead atoms. The Morgan fingerprint density at radius 2 is 2.04 bits per heavy atom. The summed E-state index contributed by atoms with van der Waals surface area (Å²) in [5, 5.41) is 18.5. The minimum atomic E-state index is -1.04. The molecule has 0 aromatic carbocycles. The van der Waals surface area contributed by atoms with Crippen LogP contribution in [0.15, 0.2) is 30.5 Å². The van der Waals surface area contributed by atoms with Gasteiger partial charge in [-0.1, -0.05) is 19.9 Å². The maximum Gasteiger partial charge on any atom is 0.212 e. The van der Waals surface area contributed by atoms with Crippen molar-refractivity contribution in [2.75, 3.05) is 5.32 Å². The third-order valence-corrected chi connectivity index (χ3v) is 4.34. The highest BCUT2D eigenvalue weighted by molar-refractivity contribution is 5.86. The number of rotatable bonds is 5.